The van der Waals surface area contributed by atoms with Gasteiger partial charge in [0.1, 0.15) is 5.75 Å². The lowest BCUT2D eigenvalue weighted by Gasteiger charge is -2.09. The highest BCUT2D eigenvalue weighted by Gasteiger charge is 2.31. The van der Waals surface area contributed by atoms with Crippen LogP contribution in [0.3, 0.4) is 0 Å². The third kappa shape index (κ3) is 3.48. The number of aromatic nitrogens is 1. The van der Waals surface area contributed by atoms with E-state index in [1.807, 2.05) is 0 Å². The smallest absolute Gasteiger partial charge is 0.476 e. The molecule has 4 nitrogen and oxygen atoms in total. The zero-order valence-electron chi connectivity index (χ0n) is 9.44. The summed E-state index contributed by atoms with van der Waals surface area (Å²) >= 11 is 4.06. The second-order valence-corrected chi connectivity index (χ2v) is 5.80. The second kappa shape index (κ2) is 5.41. The van der Waals surface area contributed by atoms with Crippen LogP contribution in [0.15, 0.2) is 28.2 Å². The fourth-order valence-corrected chi connectivity index (χ4v) is 2.91. The van der Waals surface area contributed by atoms with Crippen molar-refractivity contribution in [1.82, 2.24) is 4.98 Å². The number of alkyl halides is 3. The molecule has 0 radical (unpaired) electrons. The van der Waals surface area contributed by atoms with E-state index in [4.69, 9.17) is 5.11 Å². The summed E-state index contributed by atoms with van der Waals surface area (Å²) in [6.45, 7) is 0. The Morgan fingerprint density at radius 3 is 2.70 bits per heavy atom. The highest BCUT2D eigenvalue weighted by atomic mass is 79.9. The third-order valence-electron chi connectivity index (χ3n) is 2.13. The van der Waals surface area contributed by atoms with Gasteiger partial charge in [0.25, 0.3) is 0 Å². The van der Waals surface area contributed by atoms with E-state index < -0.39 is 18.1 Å². The number of benzene rings is 1. The summed E-state index contributed by atoms with van der Waals surface area (Å²) in [5.74, 6) is -1.68. The lowest BCUT2D eigenvalue weighted by molar-refractivity contribution is -0.274. The van der Waals surface area contributed by atoms with Crippen LogP contribution in [0.1, 0.15) is 10.5 Å². The number of nitrogens with zero attached hydrogens (tertiary/aromatic N) is 1. The Morgan fingerprint density at radius 2 is 2.10 bits per heavy atom. The predicted octanol–water partition coefficient (Wildman–Crippen LogP) is 4.17. The van der Waals surface area contributed by atoms with Crippen molar-refractivity contribution >= 4 is 33.2 Å². The first-order chi connectivity index (χ1) is 9.26. The molecule has 0 aliphatic carbocycles. The fraction of sp³-hybridized carbons (Fsp3) is 0.0909. The van der Waals surface area contributed by atoms with Crippen LogP contribution in [0.4, 0.5) is 13.2 Å². The molecular weight excluding hydrogens is 363 g/mol. The second-order valence-electron chi connectivity index (χ2n) is 3.53. The molecule has 0 unspecified atom stereocenters. The lowest BCUT2D eigenvalue weighted by Crippen LogP contribution is -2.17. The maximum absolute atomic E-state index is 12.2. The molecule has 0 aliphatic rings. The minimum atomic E-state index is -4.80. The van der Waals surface area contributed by atoms with Crippen molar-refractivity contribution in [3.63, 3.8) is 0 Å². The minimum absolute atomic E-state index is 0.231. The third-order valence-corrected chi connectivity index (χ3v) is 3.69. The van der Waals surface area contributed by atoms with E-state index in [1.165, 1.54) is 12.1 Å². The SMILES string of the molecule is O=C(O)c1nc(Br)sc1-c1cccc(OC(F)(F)F)c1. The predicted molar refractivity (Wildman–Crippen MR) is 68.9 cm³/mol. The number of halogens is 4. The number of carbonyl (C=O) groups is 1. The van der Waals surface area contributed by atoms with Crippen molar-refractivity contribution in [2.45, 2.75) is 6.36 Å². The fourth-order valence-electron chi connectivity index (χ4n) is 1.47. The van der Waals surface area contributed by atoms with Crippen LogP contribution in [0.25, 0.3) is 10.4 Å². The highest BCUT2D eigenvalue weighted by molar-refractivity contribution is 9.11. The number of hydrogen-bond donors (Lipinski definition) is 1. The standard InChI is InChI=1S/C11H5BrF3NO3S/c12-10-16-7(9(17)18)8(20-10)5-2-1-3-6(4-5)19-11(13,14)15/h1-4H,(H,17,18). The molecule has 0 saturated carbocycles. The van der Waals surface area contributed by atoms with Crippen LogP contribution in [-0.4, -0.2) is 22.4 Å². The van der Waals surface area contributed by atoms with Crippen LogP contribution < -0.4 is 4.74 Å². The molecule has 2 rings (SSSR count). The summed E-state index contributed by atoms with van der Waals surface area (Å²) in [5, 5.41) is 9.01. The molecule has 0 spiro atoms. The van der Waals surface area contributed by atoms with Gasteiger partial charge in [-0.05, 0) is 33.6 Å². The number of carboxylic acids is 1. The Morgan fingerprint density at radius 1 is 1.40 bits per heavy atom. The molecule has 106 valence electrons. The molecule has 0 atom stereocenters. The summed E-state index contributed by atoms with van der Waals surface area (Å²) in [4.78, 5) is 15.0. The van der Waals surface area contributed by atoms with Gasteiger partial charge >= 0.3 is 12.3 Å². The largest absolute Gasteiger partial charge is 0.573 e. The van der Waals surface area contributed by atoms with Crippen molar-refractivity contribution in [3.05, 3.63) is 33.9 Å². The van der Waals surface area contributed by atoms with E-state index in [9.17, 15) is 18.0 Å². The Balaban J connectivity index is 2.43. The average molecular weight is 368 g/mol. The summed E-state index contributed by atoms with van der Waals surface area (Å²) in [7, 11) is 0. The first-order valence-corrected chi connectivity index (χ1v) is 6.63. The van der Waals surface area contributed by atoms with Crippen LogP contribution in [0.2, 0.25) is 0 Å². The van der Waals surface area contributed by atoms with Crippen molar-refractivity contribution in [2.75, 3.05) is 0 Å². The molecule has 0 fully saturated rings. The lowest BCUT2D eigenvalue weighted by atomic mass is 10.1. The molecule has 9 heteroatoms. The molecule has 1 aromatic heterocycles. The zero-order valence-corrected chi connectivity index (χ0v) is 11.8. The van der Waals surface area contributed by atoms with E-state index in [0.29, 0.717) is 3.92 Å². The normalized spacial score (nSPS) is 11.4. The van der Waals surface area contributed by atoms with Crippen LogP contribution in [-0.2, 0) is 0 Å². The number of hydrogen-bond acceptors (Lipinski definition) is 4. The number of thiazole rings is 1. The average Bonchev–Trinajstić information content (AvgIpc) is 2.69. The number of carboxylic acid groups (broad SMARTS) is 1. The number of aromatic carboxylic acids is 1. The van der Waals surface area contributed by atoms with E-state index >= 15 is 0 Å². The first-order valence-electron chi connectivity index (χ1n) is 5.02. The Kier molecular flexibility index (Phi) is 4.00. The van der Waals surface area contributed by atoms with Gasteiger partial charge in [-0.2, -0.15) is 0 Å². The maximum atomic E-state index is 12.2. The van der Waals surface area contributed by atoms with Gasteiger partial charge in [0.2, 0.25) is 0 Å². The Labute approximate surface area is 123 Å². The van der Waals surface area contributed by atoms with Crippen molar-refractivity contribution < 1.29 is 27.8 Å². The maximum Gasteiger partial charge on any atom is 0.573 e. The molecule has 0 amide bonds. The van der Waals surface area contributed by atoms with Crippen LogP contribution in [0, 0.1) is 0 Å². The van der Waals surface area contributed by atoms with Gasteiger partial charge in [-0.1, -0.05) is 12.1 Å². The first kappa shape index (κ1) is 14.8. The van der Waals surface area contributed by atoms with Crippen LogP contribution in [0.5, 0.6) is 5.75 Å². The van der Waals surface area contributed by atoms with E-state index in [2.05, 4.69) is 25.7 Å². The number of rotatable bonds is 3. The van der Waals surface area contributed by atoms with E-state index in [-0.39, 0.29) is 16.1 Å². The molecule has 1 N–H and O–H groups in total. The summed E-state index contributed by atoms with van der Waals surface area (Å²) in [6.07, 6.45) is -4.80. The van der Waals surface area contributed by atoms with Crippen molar-refractivity contribution in [1.29, 1.82) is 0 Å². The molecule has 1 aromatic carbocycles. The Bertz CT molecular complexity index is 657. The molecule has 0 saturated heterocycles. The minimum Gasteiger partial charge on any atom is -0.476 e. The van der Waals surface area contributed by atoms with Gasteiger partial charge in [0, 0.05) is 0 Å². The van der Waals surface area contributed by atoms with Gasteiger partial charge in [-0.25, -0.2) is 9.78 Å². The van der Waals surface area contributed by atoms with Crippen molar-refractivity contribution in [2.24, 2.45) is 0 Å². The quantitative estimate of drug-likeness (QED) is 0.884. The van der Waals surface area contributed by atoms with Gasteiger partial charge in [-0.3, -0.25) is 0 Å². The van der Waals surface area contributed by atoms with Gasteiger partial charge in [0.15, 0.2) is 9.61 Å². The summed E-state index contributed by atoms with van der Waals surface area (Å²) < 4.78 is 40.6. The zero-order chi connectivity index (χ0) is 14.9. The molecule has 0 aliphatic heterocycles. The topological polar surface area (TPSA) is 59.4 Å². The van der Waals surface area contributed by atoms with E-state index in [1.54, 1.807) is 0 Å². The molecular formula is C11H5BrF3NO3S. The van der Waals surface area contributed by atoms with Gasteiger partial charge < -0.3 is 9.84 Å². The van der Waals surface area contributed by atoms with E-state index in [0.717, 1.165) is 23.5 Å². The number of ether oxygens (including phenoxy) is 1. The summed E-state index contributed by atoms with van der Waals surface area (Å²) in [5.41, 5.74) is 0.0541. The van der Waals surface area contributed by atoms with Gasteiger partial charge in [-0.15, -0.1) is 24.5 Å². The molecule has 2 aromatic rings. The highest BCUT2D eigenvalue weighted by Crippen LogP contribution is 2.35. The van der Waals surface area contributed by atoms with Gasteiger partial charge in [0.05, 0.1) is 4.88 Å². The van der Waals surface area contributed by atoms with Crippen molar-refractivity contribution in [3.8, 4) is 16.2 Å². The molecule has 0 bridgehead atoms. The molecule has 20 heavy (non-hydrogen) atoms. The van der Waals surface area contributed by atoms with Crippen LogP contribution >= 0.6 is 27.3 Å². The monoisotopic (exact) mass is 367 g/mol. The Hall–Kier alpha value is -1.61. The molecule has 1 heterocycles. The summed E-state index contributed by atoms with van der Waals surface area (Å²) in [6, 6.07) is 5.07.